The van der Waals surface area contributed by atoms with Crippen LogP contribution in [0, 0.1) is 10.1 Å². The van der Waals surface area contributed by atoms with E-state index < -0.39 is 4.92 Å². The first kappa shape index (κ1) is 12.4. The first-order valence-corrected chi connectivity index (χ1v) is 5.12. The Morgan fingerprint density at radius 3 is 3.06 bits per heavy atom. The van der Waals surface area contributed by atoms with E-state index in [1.807, 2.05) is 6.92 Å². The molecule has 1 unspecified atom stereocenters. The molecule has 0 aliphatic carbocycles. The molecule has 6 heteroatoms. The molecule has 0 spiro atoms. The highest BCUT2D eigenvalue weighted by Crippen LogP contribution is 2.21. The summed E-state index contributed by atoms with van der Waals surface area (Å²) in [6, 6.07) is 2.98. The summed E-state index contributed by atoms with van der Waals surface area (Å²) in [4.78, 5) is 14.2. The van der Waals surface area contributed by atoms with Gasteiger partial charge in [0.1, 0.15) is 0 Å². The maximum Gasteiger partial charge on any atom is 0.311 e. The number of anilines is 1. The third-order valence-electron chi connectivity index (χ3n) is 2.16. The molecule has 6 nitrogen and oxygen atoms in total. The zero-order valence-corrected chi connectivity index (χ0v) is 9.09. The van der Waals surface area contributed by atoms with Crippen LogP contribution in [0.1, 0.15) is 19.8 Å². The van der Waals surface area contributed by atoms with Gasteiger partial charge in [0.25, 0.3) is 0 Å². The summed E-state index contributed by atoms with van der Waals surface area (Å²) in [5, 5.41) is 22.3. The number of nitrogens with zero attached hydrogens (tertiary/aromatic N) is 2. The molecule has 2 N–H and O–H groups in total. The first-order valence-electron chi connectivity index (χ1n) is 5.12. The van der Waals surface area contributed by atoms with E-state index in [1.165, 1.54) is 18.3 Å². The topological polar surface area (TPSA) is 88.3 Å². The minimum Gasteiger partial charge on any atom is -0.396 e. The van der Waals surface area contributed by atoms with Crippen LogP contribution in [0.2, 0.25) is 0 Å². The van der Waals surface area contributed by atoms with Crippen molar-refractivity contribution in [2.45, 2.75) is 25.8 Å². The fourth-order valence-electron chi connectivity index (χ4n) is 1.36. The number of nitrogens with one attached hydrogen (secondary N) is 1. The quantitative estimate of drug-likeness (QED) is 0.566. The van der Waals surface area contributed by atoms with E-state index in [4.69, 9.17) is 5.11 Å². The predicted molar refractivity (Wildman–Crippen MR) is 60.3 cm³/mol. The second-order valence-corrected chi connectivity index (χ2v) is 3.54. The number of rotatable bonds is 6. The molecule has 1 aromatic heterocycles. The predicted octanol–water partition coefficient (Wildman–Crippen LogP) is 1.56. The smallest absolute Gasteiger partial charge is 0.311 e. The highest BCUT2D eigenvalue weighted by molar-refractivity contribution is 5.55. The molecule has 0 bridgehead atoms. The Morgan fingerprint density at radius 2 is 2.44 bits per heavy atom. The molecular weight excluding hydrogens is 210 g/mol. The molecule has 1 atom stereocenters. The second-order valence-electron chi connectivity index (χ2n) is 3.54. The minimum atomic E-state index is -0.464. The molecule has 1 heterocycles. The van der Waals surface area contributed by atoms with Gasteiger partial charge in [0.2, 0.25) is 5.82 Å². The van der Waals surface area contributed by atoms with Gasteiger partial charge in [-0.15, -0.1) is 0 Å². The normalized spacial score (nSPS) is 12.1. The third-order valence-corrected chi connectivity index (χ3v) is 2.16. The van der Waals surface area contributed by atoms with Crippen molar-refractivity contribution < 1.29 is 10.0 Å². The zero-order chi connectivity index (χ0) is 12.0. The minimum absolute atomic E-state index is 0.0293. The Labute approximate surface area is 93.5 Å². The van der Waals surface area contributed by atoms with E-state index in [0.29, 0.717) is 6.42 Å². The number of aliphatic hydroxyl groups excluding tert-OH is 1. The molecule has 1 aromatic rings. The SMILES string of the molecule is CC(CCCO)Nc1ncccc1[N+](=O)[O-]. The van der Waals surface area contributed by atoms with Crippen LogP contribution in [0.5, 0.6) is 0 Å². The van der Waals surface area contributed by atoms with Crippen molar-refractivity contribution >= 4 is 11.5 Å². The molecule has 0 amide bonds. The Bertz CT molecular complexity index is 357. The molecule has 0 radical (unpaired) electrons. The van der Waals surface area contributed by atoms with E-state index in [1.54, 1.807) is 0 Å². The molecule has 88 valence electrons. The lowest BCUT2D eigenvalue weighted by molar-refractivity contribution is -0.384. The van der Waals surface area contributed by atoms with E-state index in [-0.39, 0.29) is 24.2 Å². The van der Waals surface area contributed by atoms with Gasteiger partial charge in [-0.2, -0.15) is 0 Å². The highest BCUT2D eigenvalue weighted by Gasteiger charge is 2.15. The Morgan fingerprint density at radius 1 is 1.69 bits per heavy atom. The number of aliphatic hydroxyl groups is 1. The maximum atomic E-state index is 10.7. The summed E-state index contributed by atoms with van der Waals surface area (Å²) in [6.45, 7) is 2.02. The molecule has 16 heavy (non-hydrogen) atoms. The lowest BCUT2D eigenvalue weighted by atomic mass is 10.2. The van der Waals surface area contributed by atoms with Gasteiger partial charge in [-0.05, 0) is 25.8 Å². The van der Waals surface area contributed by atoms with Gasteiger partial charge in [0.15, 0.2) is 0 Å². The highest BCUT2D eigenvalue weighted by atomic mass is 16.6. The summed E-state index contributed by atoms with van der Waals surface area (Å²) < 4.78 is 0. The fraction of sp³-hybridized carbons (Fsp3) is 0.500. The van der Waals surface area contributed by atoms with Crippen LogP contribution in [0.15, 0.2) is 18.3 Å². The van der Waals surface area contributed by atoms with E-state index in [9.17, 15) is 10.1 Å². The van der Waals surface area contributed by atoms with Gasteiger partial charge >= 0.3 is 5.69 Å². The molecule has 1 rings (SSSR count). The molecule has 0 fully saturated rings. The van der Waals surface area contributed by atoms with Crippen LogP contribution in [0.25, 0.3) is 0 Å². The van der Waals surface area contributed by atoms with Crippen LogP contribution in [-0.2, 0) is 0 Å². The fourth-order valence-corrected chi connectivity index (χ4v) is 1.36. The molecule has 0 aromatic carbocycles. The van der Waals surface area contributed by atoms with Crippen molar-refractivity contribution in [3.8, 4) is 0 Å². The summed E-state index contributed by atoms with van der Waals surface area (Å²) in [7, 11) is 0. The molecule has 0 aliphatic heterocycles. The van der Waals surface area contributed by atoms with Crippen LogP contribution >= 0.6 is 0 Å². The molecule has 0 saturated heterocycles. The standard InChI is InChI=1S/C10H15N3O3/c1-8(4-3-7-14)12-10-9(13(15)16)5-2-6-11-10/h2,5-6,8,14H,3-4,7H2,1H3,(H,11,12). The van der Waals surface area contributed by atoms with E-state index >= 15 is 0 Å². The number of pyridine rings is 1. The number of aromatic nitrogens is 1. The van der Waals surface area contributed by atoms with Crippen LogP contribution in [-0.4, -0.2) is 27.7 Å². The molecular formula is C10H15N3O3. The van der Waals surface area contributed by atoms with Crippen molar-refractivity contribution in [1.82, 2.24) is 4.98 Å². The first-order chi connectivity index (χ1) is 7.65. The zero-order valence-electron chi connectivity index (χ0n) is 9.09. The monoisotopic (exact) mass is 225 g/mol. The number of hydrogen-bond acceptors (Lipinski definition) is 5. The Hall–Kier alpha value is -1.69. The average molecular weight is 225 g/mol. The number of nitro groups is 1. The molecule has 0 saturated carbocycles. The van der Waals surface area contributed by atoms with Crippen molar-refractivity contribution in [3.63, 3.8) is 0 Å². The summed E-state index contributed by atoms with van der Waals surface area (Å²) in [6.07, 6.45) is 2.91. The van der Waals surface area contributed by atoms with Crippen LogP contribution in [0.4, 0.5) is 11.5 Å². The Balaban J connectivity index is 2.69. The number of hydrogen-bond donors (Lipinski definition) is 2. The lowest BCUT2D eigenvalue weighted by Gasteiger charge is -2.13. The average Bonchev–Trinajstić information content (AvgIpc) is 2.27. The van der Waals surface area contributed by atoms with Gasteiger partial charge in [-0.3, -0.25) is 10.1 Å². The van der Waals surface area contributed by atoms with E-state index in [2.05, 4.69) is 10.3 Å². The van der Waals surface area contributed by atoms with Gasteiger partial charge in [0, 0.05) is 24.9 Å². The van der Waals surface area contributed by atoms with Gasteiger partial charge in [-0.1, -0.05) is 0 Å². The van der Waals surface area contributed by atoms with Crippen molar-refractivity contribution in [2.24, 2.45) is 0 Å². The summed E-state index contributed by atoms with van der Waals surface area (Å²) in [5.41, 5.74) is -0.0293. The Kier molecular flexibility index (Phi) is 4.65. The summed E-state index contributed by atoms with van der Waals surface area (Å²) in [5.74, 6) is 0.276. The van der Waals surface area contributed by atoms with Crippen molar-refractivity contribution in [3.05, 3.63) is 28.4 Å². The van der Waals surface area contributed by atoms with Gasteiger partial charge in [-0.25, -0.2) is 4.98 Å². The second kappa shape index (κ2) is 6.02. The molecule has 0 aliphatic rings. The maximum absolute atomic E-state index is 10.7. The van der Waals surface area contributed by atoms with Gasteiger partial charge in [0.05, 0.1) is 4.92 Å². The van der Waals surface area contributed by atoms with Gasteiger partial charge < -0.3 is 10.4 Å². The van der Waals surface area contributed by atoms with Crippen molar-refractivity contribution in [1.29, 1.82) is 0 Å². The lowest BCUT2D eigenvalue weighted by Crippen LogP contribution is -2.17. The largest absolute Gasteiger partial charge is 0.396 e. The van der Waals surface area contributed by atoms with Crippen LogP contribution in [0.3, 0.4) is 0 Å². The third kappa shape index (κ3) is 3.47. The van der Waals surface area contributed by atoms with Crippen molar-refractivity contribution in [2.75, 3.05) is 11.9 Å². The van der Waals surface area contributed by atoms with Crippen LogP contribution < -0.4 is 5.32 Å². The summed E-state index contributed by atoms with van der Waals surface area (Å²) >= 11 is 0. The van der Waals surface area contributed by atoms with E-state index in [0.717, 1.165) is 6.42 Å².